The van der Waals surface area contributed by atoms with Crippen molar-refractivity contribution in [3.8, 4) is 78.7 Å². The number of rotatable bonds is 7. The van der Waals surface area contributed by atoms with Gasteiger partial charge in [-0.15, -0.1) is 11.3 Å². The summed E-state index contributed by atoms with van der Waals surface area (Å²) in [5, 5.41) is 5.02. The molecule has 0 amide bonds. The fourth-order valence-electron chi connectivity index (χ4n) is 8.30. The van der Waals surface area contributed by atoms with Crippen LogP contribution in [0.5, 0.6) is 0 Å². The average molecular weight is 770 g/mol. The second-order valence-electron chi connectivity index (χ2n) is 14.7. The van der Waals surface area contributed by atoms with Crippen LogP contribution in [0.3, 0.4) is 0 Å². The van der Waals surface area contributed by atoms with Gasteiger partial charge in [0.25, 0.3) is 0 Å². The zero-order chi connectivity index (χ0) is 39.1. The van der Waals surface area contributed by atoms with Crippen LogP contribution in [0.4, 0.5) is 0 Å². The Morgan fingerprint density at radius 2 is 0.780 bits per heavy atom. The molecule has 2 heterocycles. The van der Waals surface area contributed by atoms with Crippen molar-refractivity contribution in [2.75, 3.05) is 0 Å². The molecular formula is C55H35N3S. The van der Waals surface area contributed by atoms with Crippen molar-refractivity contribution in [3.63, 3.8) is 0 Å². The van der Waals surface area contributed by atoms with Gasteiger partial charge in [-0.25, -0.2) is 15.0 Å². The molecule has 0 aliphatic heterocycles. The third-order valence-corrected chi connectivity index (χ3v) is 12.4. The average Bonchev–Trinajstić information content (AvgIpc) is 3.71. The maximum absolute atomic E-state index is 5.20. The Labute approximate surface area is 346 Å². The molecule has 11 rings (SSSR count). The Bertz CT molecular complexity index is 3300. The fraction of sp³-hybridized carbons (Fsp3) is 0. The monoisotopic (exact) mass is 769 g/mol. The lowest BCUT2D eigenvalue weighted by atomic mass is 9.89. The van der Waals surface area contributed by atoms with Crippen LogP contribution in [0, 0.1) is 0 Å². The van der Waals surface area contributed by atoms with E-state index in [9.17, 15) is 0 Å². The van der Waals surface area contributed by atoms with E-state index in [1.807, 2.05) is 23.5 Å². The Kier molecular flexibility index (Phi) is 8.68. The third-order valence-electron chi connectivity index (χ3n) is 11.2. The summed E-state index contributed by atoms with van der Waals surface area (Å²) < 4.78 is 2.61. The summed E-state index contributed by atoms with van der Waals surface area (Å²) in [5.74, 6) is 1.89. The van der Waals surface area contributed by atoms with E-state index in [-0.39, 0.29) is 0 Å². The molecule has 2 aromatic heterocycles. The summed E-state index contributed by atoms with van der Waals surface area (Å²) in [6, 6.07) is 75.2. The highest BCUT2D eigenvalue weighted by atomic mass is 32.1. The minimum atomic E-state index is 0.625. The van der Waals surface area contributed by atoms with E-state index in [2.05, 4.69) is 200 Å². The number of fused-ring (bicyclic) bond motifs is 4. The van der Waals surface area contributed by atoms with Crippen molar-refractivity contribution >= 4 is 42.3 Å². The number of hydrogen-bond acceptors (Lipinski definition) is 4. The molecule has 4 heteroatoms. The van der Waals surface area contributed by atoms with Crippen molar-refractivity contribution < 1.29 is 0 Å². The molecule has 0 spiro atoms. The van der Waals surface area contributed by atoms with E-state index >= 15 is 0 Å². The molecule has 0 N–H and O–H groups in total. The van der Waals surface area contributed by atoms with E-state index in [4.69, 9.17) is 15.0 Å². The first-order valence-corrected chi connectivity index (χ1v) is 20.7. The first-order chi connectivity index (χ1) is 29.2. The predicted octanol–water partition coefficient (Wildman–Crippen LogP) is 15.1. The lowest BCUT2D eigenvalue weighted by Gasteiger charge is -2.16. The second-order valence-corrected chi connectivity index (χ2v) is 15.8. The number of nitrogens with zero attached hydrogens (tertiary/aromatic N) is 3. The van der Waals surface area contributed by atoms with Gasteiger partial charge in [-0.2, -0.15) is 0 Å². The predicted molar refractivity (Wildman–Crippen MR) is 248 cm³/mol. The summed E-state index contributed by atoms with van der Waals surface area (Å²) in [6.45, 7) is 0. The molecule has 0 fully saturated rings. The van der Waals surface area contributed by atoms with E-state index < -0.39 is 0 Å². The zero-order valence-electron chi connectivity index (χ0n) is 32.0. The SMILES string of the molecule is c1ccc(-c2ccc(-c3nc(-c4ccc(-c5c(-c6cccc7c6sc6ccccc67)ccc6ccccc56)cc4)nc(-c4ccccc4-c4ccccc4)n3)cc2)cc1. The van der Waals surface area contributed by atoms with Crippen LogP contribution in [0.15, 0.2) is 212 Å². The Morgan fingerprint density at radius 1 is 0.271 bits per heavy atom. The molecular weight excluding hydrogens is 735 g/mol. The quantitative estimate of drug-likeness (QED) is 0.162. The van der Waals surface area contributed by atoms with E-state index in [0.29, 0.717) is 17.5 Å². The van der Waals surface area contributed by atoms with Gasteiger partial charge in [-0.3, -0.25) is 0 Å². The summed E-state index contributed by atoms with van der Waals surface area (Å²) in [6.07, 6.45) is 0. The summed E-state index contributed by atoms with van der Waals surface area (Å²) in [7, 11) is 0. The van der Waals surface area contributed by atoms with Crippen molar-refractivity contribution in [3.05, 3.63) is 212 Å². The molecule has 0 saturated carbocycles. The van der Waals surface area contributed by atoms with Crippen LogP contribution in [0.1, 0.15) is 0 Å². The Balaban J connectivity index is 1.06. The molecule has 9 aromatic carbocycles. The van der Waals surface area contributed by atoms with Crippen LogP contribution in [0.25, 0.3) is 110 Å². The molecule has 0 aliphatic rings. The molecule has 0 unspecified atom stereocenters. The van der Waals surface area contributed by atoms with Gasteiger partial charge in [-0.05, 0) is 55.8 Å². The lowest BCUT2D eigenvalue weighted by molar-refractivity contribution is 1.07. The molecule has 59 heavy (non-hydrogen) atoms. The number of aromatic nitrogens is 3. The second kappa shape index (κ2) is 14.8. The van der Waals surface area contributed by atoms with Crippen LogP contribution in [-0.4, -0.2) is 15.0 Å². The first kappa shape index (κ1) is 34.7. The van der Waals surface area contributed by atoms with E-state index in [0.717, 1.165) is 38.9 Å². The van der Waals surface area contributed by atoms with Gasteiger partial charge in [-0.1, -0.05) is 206 Å². The molecule has 0 bridgehead atoms. The number of hydrogen-bond donors (Lipinski definition) is 0. The summed E-state index contributed by atoms with van der Waals surface area (Å²) >= 11 is 1.87. The fourth-order valence-corrected chi connectivity index (χ4v) is 9.53. The van der Waals surface area contributed by atoms with Gasteiger partial charge in [0.05, 0.1) is 0 Å². The van der Waals surface area contributed by atoms with Gasteiger partial charge in [0, 0.05) is 42.4 Å². The summed E-state index contributed by atoms with van der Waals surface area (Å²) in [4.78, 5) is 15.5. The molecule has 276 valence electrons. The van der Waals surface area contributed by atoms with Crippen LogP contribution >= 0.6 is 11.3 Å². The van der Waals surface area contributed by atoms with Crippen LogP contribution < -0.4 is 0 Å². The third kappa shape index (κ3) is 6.37. The van der Waals surface area contributed by atoms with Crippen LogP contribution in [0.2, 0.25) is 0 Å². The topological polar surface area (TPSA) is 38.7 Å². The molecule has 3 nitrogen and oxygen atoms in total. The standard InChI is InChI=1S/C55H35N3S/c1-3-14-36(15-4-1)37-26-30-41(31-27-37)53-56-54(58-55(57-53)49-22-10-9-19-43(49)38-16-5-2-6-17-38)42-32-28-40(29-33-42)51-44-20-8-7-18-39(44)34-35-46(51)48-24-13-23-47-45-21-11-12-25-50(45)59-52(47)48/h1-35H. The van der Waals surface area contributed by atoms with Gasteiger partial charge < -0.3 is 0 Å². The van der Waals surface area contributed by atoms with Crippen molar-refractivity contribution in [1.29, 1.82) is 0 Å². The molecule has 11 aromatic rings. The maximum Gasteiger partial charge on any atom is 0.164 e. The van der Waals surface area contributed by atoms with Crippen molar-refractivity contribution in [2.24, 2.45) is 0 Å². The van der Waals surface area contributed by atoms with E-state index in [1.54, 1.807) is 0 Å². The highest BCUT2D eigenvalue weighted by Gasteiger charge is 2.19. The van der Waals surface area contributed by atoms with Gasteiger partial charge >= 0.3 is 0 Å². The highest BCUT2D eigenvalue weighted by Crippen LogP contribution is 2.45. The number of benzene rings is 9. The normalized spacial score (nSPS) is 11.4. The van der Waals surface area contributed by atoms with Crippen molar-refractivity contribution in [2.45, 2.75) is 0 Å². The highest BCUT2D eigenvalue weighted by molar-refractivity contribution is 7.26. The minimum absolute atomic E-state index is 0.625. The maximum atomic E-state index is 5.20. The zero-order valence-corrected chi connectivity index (χ0v) is 32.8. The molecule has 0 radical (unpaired) electrons. The lowest BCUT2D eigenvalue weighted by Crippen LogP contribution is -2.01. The largest absolute Gasteiger partial charge is 0.208 e. The number of thiophene rings is 1. The van der Waals surface area contributed by atoms with Crippen molar-refractivity contribution in [1.82, 2.24) is 15.0 Å². The van der Waals surface area contributed by atoms with Gasteiger partial charge in [0.1, 0.15) is 0 Å². The molecule has 0 aliphatic carbocycles. The minimum Gasteiger partial charge on any atom is -0.208 e. The van der Waals surface area contributed by atoms with Gasteiger partial charge in [0.2, 0.25) is 0 Å². The Morgan fingerprint density at radius 3 is 1.51 bits per heavy atom. The van der Waals surface area contributed by atoms with E-state index in [1.165, 1.54) is 53.2 Å². The smallest absolute Gasteiger partial charge is 0.164 e. The van der Waals surface area contributed by atoms with Gasteiger partial charge in [0.15, 0.2) is 17.5 Å². The molecule has 0 atom stereocenters. The Hall–Kier alpha value is -7.53. The van der Waals surface area contributed by atoms with Crippen LogP contribution in [-0.2, 0) is 0 Å². The first-order valence-electron chi connectivity index (χ1n) is 19.9. The molecule has 0 saturated heterocycles. The summed E-state index contributed by atoms with van der Waals surface area (Å²) in [5.41, 5.74) is 12.1.